The third-order valence-corrected chi connectivity index (χ3v) is 9.34. The molecule has 3 aliphatic heterocycles. The van der Waals surface area contributed by atoms with Gasteiger partial charge in [-0.2, -0.15) is 0 Å². The van der Waals surface area contributed by atoms with Crippen LogP contribution in [-0.4, -0.2) is 56.9 Å². The molecule has 0 radical (unpaired) electrons. The number of hydrogen-bond acceptors (Lipinski definition) is 5. The molecule has 0 aliphatic carbocycles. The quantitative estimate of drug-likeness (QED) is 0.592. The summed E-state index contributed by atoms with van der Waals surface area (Å²) in [5.74, 6) is -1.73. The third-order valence-electron chi connectivity index (χ3n) is 7.38. The summed E-state index contributed by atoms with van der Waals surface area (Å²) >= 11 is 1.62. The molecular weight excluding hydrogens is 450 g/mol. The first-order chi connectivity index (χ1) is 16.4. The Kier molecular flexibility index (Phi) is 5.90. The SMILES string of the molecule is Cc1ccc(C)c(NC(=O)C2N(CCO)C(=O)[C@@H]3[C@H](C(=O)Nc4ccccc4)[C@@H]4CCC23S4)c1. The summed E-state index contributed by atoms with van der Waals surface area (Å²) in [4.78, 5) is 42.2. The molecule has 3 heterocycles. The van der Waals surface area contributed by atoms with E-state index in [0.717, 1.165) is 23.2 Å². The van der Waals surface area contributed by atoms with Crippen LogP contribution in [0.4, 0.5) is 11.4 Å². The molecule has 3 N–H and O–H groups in total. The summed E-state index contributed by atoms with van der Waals surface area (Å²) < 4.78 is -0.669. The molecule has 0 aromatic heterocycles. The van der Waals surface area contributed by atoms with Crippen molar-refractivity contribution in [2.75, 3.05) is 23.8 Å². The number of likely N-dealkylation sites (tertiary alicyclic amines) is 1. The predicted octanol–water partition coefficient (Wildman–Crippen LogP) is 2.96. The van der Waals surface area contributed by atoms with Crippen molar-refractivity contribution in [3.8, 4) is 0 Å². The first-order valence-corrected chi connectivity index (χ1v) is 12.6. The van der Waals surface area contributed by atoms with Crippen LogP contribution in [0.15, 0.2) is 48.5 Å². The Balaban J connectivity index is 1.46. The number of hydrogen-bond donors (Lipinski definition) is 3. The van der Waals surface area contributed by atoms with Crippen LogP contribution in [0.5, 0.6) is 0 Å². The zero-order valence-corrected chi connectivity index (χ0v) is 20.1. The smallest absolute Gasteiger partial charge is 0.248 e. The molecule has 3 saturated heterocycles. The minimum absolute atomic E-state index is 0.00931. The summed E-state index contributed by atoms with van der Waals surface area (Å²) in [6.45, 7) is 3.73. The largest absolute Gasteiger partial charge is 0.395 e. The number of amides is 3. The van der Waals surface area contributed by atoms with Gasteiger partial charge in [-0.25, -0.2) is 0 Å². The lowest BCUT2D eigenvalue weighted by molar-refractivity contribution is -0.138. The summed E-state index contributed by atoms with van der Waals surface area (Å²) in [5.41, 5.74) is 3.38. The zero-order chi connectivity index (χ0) is 24.0. The van der Waals surface area contributed by atoms with Gasteiger partial charge in [-0.1, -0.05) is 30.3 Å². The molecule has 3 aliphatic rings. The van der Waals surface area contributed by atoms with Crippen molar-refractivity contribution in [1.29, 1.82) is 0 Å². The molecule has 1 spiro atoms. The molecule has 178 valence electrons. The Morgan fingerprint density at radius 1 is 1.12 bits per heavy atom. The monoisotopic (exact) mass is 479 g/mol. The second-order valence-electron chi connectivity index (χ2n) is 9.47. The number of β-amino-alcohol motifs (C(OH)–C–C–N with tert-alkyl or cyclic N) is 1. The molecule has 5 rings (SSSR count). The van der Waals surface area contributed by atoms with Gasteiger partial charge in [0.15, 0.2) is 0 Å². The van der Waals surface area contributed by atoms with E-state index in [0.29, 0.717) is 12.1 Å². The van der Waals surface area contributed by atoms with E-state index < -0.39 is 22.6 Å². The lowest BCUT2D eigenvalue weighted by atomic mass is 9.70. The molecule has 2 aromatic rings. The van der Waals surface area contributed by atoms with Gasteiger partial charge in [0, 0.05) is 23.2 Å². The zero-order valence-electron chi connectivity index (χ0n) is 19.3. The van der Waals surface area contributed by atoms with Gasteiger partial charge >= 0.3 is 0 Å². The highest BCUT2D eigenvalue weighted by Crippen LogP contribution is 2.66. The van der Waals surface area contributed by atoms with Gasteiger partial charge in [-0.3, -0.25) is 14.4 Å². The number of para-hydroxylation sites is 1. The number of rotatable bonds is 6. The molecule has 3 fully saturated rings. The van der Waals surface area contributed by atoms with Crippen LogP contribution >= 0.6 is 11.8 Å². The molecule has 8 heteroatoms. The molecule has 34 heavy (non-hydrogen) atoms. The van der Waals surface area contributed by atoms with Crippen LogP contribution in [0.1, 0.15) is 24.0 Å². The highest BCUT2D eigenvalue weighted by atomic mass is 32.2. The highest BCUT2D eigenvalue weighted by molar-refractivity contribution is 8.02. The maximum Gasteiger partial charge on any atom is 0.248 e. The first kappa shape index (κ1) is 22.9. The maximum atomic E-state index is 13.7. The Labute approximate surface area is 203 Å². The normalized spacial score (nSPS) is 29.3. The molecular formula is C26H29N3O4S. The van der Waals surface area contributed by atoms with Crippen LogP contribution in [0.3, 0.4) is 0 Å². The molecule has 0 saturated carbocycles. The third kappa shape index (κ3) is 3.60. The summed E-state index contributed by atoms with van der Waals surface area (Å²) in [6.07, 6.45) is 1.47. The van der Waals surface area contributed by atoms with E-state index >= 15 is 0 Å². The number of thioether (sulfide) groups is 1. The fourth-order valence-corrected chi connectivity index (χ4v) is 8.14. The van der Waals surface area contributed by atoms with Crippen molar-refractivity contribution < 1.29 is 19.5 Å². The fourth-order valence-electron chi connectivity index (χ4n) is 5.92. The average molecular weight is 480 g/mol. The lowest BCUT2D eigenvalue weighted by Gasteiger charge is -2.34. The molecule has 7 nitrogen and oxygen atoms in total. The number of benzene rings is 2. The second-order valence-corrected chi connectivity index (χ2v) is 11.1. The van der Waals surface area contributed by atoms with E-state index in [1.54, 1.807) is 11.8 Å². The van der Waals surface area contributed by atoms with E-state index in [1.165, 1.54) is 4.90 Å². The number of nitrogens with one attached hydrogen (secondary N) is 2. The van der Waals surface area contributed by atoms with Gasteiger partial charge < -0.3 is 20.6 Å². The van der Waals surface area contributed by atoms with Crippen molar-refractivity contribution >= 4 is 40.9 Å². The molecule has 3 amide bonds. The van der Waals surface area contributed by atoms with Gasteiger partial charge in [-0.05, 0) is 56.0 Å². The molecule has 5 atom stereocenters. The minimum atomic E-state index is -0.735. The predicted molar refractivity (Wildman–Crippen MR) is 133 cm³/mol. The number of aliphatic hydroxyl groups is 1. The van der Waals surface area contributed by atoms with Crippen LogP contribution in [0.25, 0.3) is 0 Å². The number of aryl methyl sites for hydroxylation is 2. The molecule has 2 aromatic carbocycles. The summed E-state index contributed by atoms with van der Waals surface area (Å²) in [7, 11) is 0. The van der Waals surface area contributed by atoms with Crippen molar-refractivity contribution in [3.63, 3.8) is 0 Å². The number of carbonyl (C=O) groups excluding carboxylic acids is 3. The van der Waals surface area contributed by atoms with Gasteiger partial charge in [-0.15, -0.1) is 11.8 Å². The fraction of sp³-hybridized carbons (Fsp3) is 0.423. The number of carbonyl (C=O) groups is 3. The maximum absolute atomic E-state index is 13.7. The highest BCUT2D eigenvalue weighted by Gasteiger charge is 2.73. The van der Waals surface area contributed by atoms with Crippen molar-refractivity contribution in [3.05, 3.63) is 59.7 Å². The van der Waals surface area contributed by atoms with E-state index in [1.807, 2.05) is 62.4 Å². The van der Waals surface area contributed by atoms with E-state index in [4.69, 9.17) is 0 Å². The summed E-state index contributed by atoms with van der Waals surface area (Å²) in [6, 6.07) is 14.4. The van der Waals surface area contributed by atoms with Gasteiger partial charge in [0.05, 0.1) is 23.2 Å². The minimum Gasteiger partial charge on any atom is -0.395 e. The van der Waals surface area contributed by atoms with Gasteiger partial charge in [0.2, 0.25) is 17.7 Å². The van der Waals surface area contributed by atoms with E-state index in [-0.39, 0.29) is 36.1 Å². The number of aliphatic hydroxyl groups excluding tert-OH is 1. The lowest BCUT2D eigenvalue weighted by Crippen LogP contribution is -2.52. The first-order valence-electron chi connectivity index (χ1n) is 11.7. The number of anilines is 2. The van der Waals surface area contributed by atoms with E-state index in [9.17, 15) is 19.5 Å². The molecule has 2 unspecified atom stereocenters. The van der Waals surface area contributed by atoms with Gasteiger partial charge in [0.25, 0.3) is 0 Å². The Morgan fingerprint density at radius 2 is 1.88 bits per heavy atom. The van der Waals surface area contributed by atoms with Crippen LogP contribution in [0, 0.1) is 25.7 Å². The summed E-state index contributed by atoms with van der Waals surface area (Å²) in [5, 5.41) is 15.7. The van der Waals surface area contributed by atoms with Crippen molar-refractivity contribution in [1.82, 2.24) is 4.90 Å². The van der Waals surface area contributed by atoms with Crippen LogP contribution in [0.2, 0.25) is 0 Å². The Morgan fingerprint density at radius 3 is 2.62 bits per heavy atom. The number of nitrogens with zero attached hydrogens (tertiary/aromatic N) is 1. The van der Waals surface area contributed by atoms with Crippen LogP contribution in [-0.2, 0) is 14.4 Å². The average Bonchev–Trinajstić information content (AvgIpc) is 3.45. The van der Waals surface area contributed by atoms with Crippen molar-refractivity contribution in [2.45, 2.75) is 42.7 Å². The topological polar surface area (TPSA) is 98.7 Å². The van der Waals surface area contributed by atoms with Crippen LogP contribution < -0.4 is 10.6 Å². The Hall–Kier alpha value is -2.84. The molecule has 2 bridgehead atoms. The number of fused-ring (bicyclic) bond motifs is 1. The Bertz CT molecular complexity index is 1140. The van der Waals surface area contributed by atoms with Crippen molar-refractivity contribution in [2.24, 2.45) is 11.8 Å². The second kappa shape index (κ2) is 8.74. The van der Waals surface area contributed by atoms with E-state index in [2.05, 4.69) is 10.6 Å². The standard InChI is InChI=1S/C26H29N3O4S/c1-15-8-9-16(2)18(14-15)28-24(32)22-26-11-10-19(34-26)20(21(26)25(33)29(22)12-13-30)23(31)27-17-6-4-3-5-7-17/h3-9,14,19-22,30H,10-13H2,1-2H3,(H,27,31)(H,28,32)/t19-,20+,21-,22?,26?/m0/s1. The van der Waals surface area contributed by atoms with Gasteiger partial charge in [0.1, 0.15) is 6.04 Å².